The highest BCUT2D eigenvalue weighted by Gasteiger charge is 2.12. The smallest absolute Gasteiger partial charge is 0.308 e. The van der Waals surface area contributed by atoms with Gasteiger partial charge < -0.3 is 4.74 Å². The molecule has 5 heteroatoms. The summed E-state index contributed by atoms with van der Waals surface area (Å²) in [6.07, 6.45) is 1.63. The lowest BCUT2D eigenvalue weighted by atomic mass is 10.2. The van der Waals surface area contributed by atoms with Crippen LogP contribution in [0, 0.1) is 0 Å². The molecule has 0 fully saturated rings. The molecule has 2 aromatic carbocycles. The topological polar surface area (TPSA) is 38.7 Å². The predicted molar refractivity (Wildman–Crippen MR) is 81.5 cm³/mol. The van der Waals surface area contributed by atoms with E-state index in [0.717, 1.165) is 5.56 Å². The minimum Gasteiger partial charge on any atom is -0.424 e. The van der Waals surface area contributed by atoms with Gasteiger partial charge in [0.1, 0.15) is 5.69 Å². The number of nitrogens with zero attached hydrogens (tertiary/aromatic N) is 1. The van der Waals surface area contributed by atoms with Crippen molar-refractivity contribution < 1.29 is 9.53 Å². The van der Waals surface area contributed by atoms with E-state index in [0.29, 0.717) is 10.7 Å². The maximum Gasteiger partial charge on any atom is 0.308 e. The molecule has 0 spiro atoms. The van der Waals surface area contributed by atoms with Crippen molar-refractivity contribution in [2.75, 3.05) is 0 Å². The Balaban J connectivity index is 2.41. The molecule has 102 valence electrons. The second-order valence-electron chi connectivity index (χ2n) is 3.97. The van der Waals surface area contributed by atoms with Gasteiger partial charge in [0.05, 0.1) is 10.0 Å². The summed E-state index contributed by atoms with van der Waals surface area (Å²) in [6.45, 7) is 1.31. The van der Waals surface area contributed by atoms with Gasteiger partial charge in [-0.1, -0.05) is 53.5 Å². The number of aliphatic imine (C=N–C) groups is 1. The van der Waals surface area contributed by atoms with Crippen molar-refractivity contribution in [2.45, 2.75) is 6.92 Å². The average Bonchev–Trinajstić information content (AvgIpc) is 2.43. The highest BCUT2D eigenvalue weighted by atomic mass is 35.5. The second-order valence-corrected chi connectivity index (χ2v) is 4.76. The Morgan fingerprint density at radius 1 is 1.15 bits per heavy atom. The largest absolute Gasteiger partial charge is 0.424 e. The fourth-order valence-electron chi connectivity index (χ4n) is 1.56. The van der Waals surface area contributed by atoms with E-state index >= 15 is 0 Å². The minimum atomic E-state index is -0.445. The van der Waals surface area contributed by atoms with Gasteiger partial charge in [0.25, 0.3) is 0 Å². The maximum atomic E-state index is 11.1. The molecule has 0 aliphatic carbocycles. The molecule has 0 bridgehead atoms. The van der Waals surface area contributed by atoms with Crippen LogP contribution >= 0.6 is 23.2 Å². The molecule has 0 saturated carbocycles. The SMILES string of the molecule is CC(=O)Oc1ccc(Cl)c(Cl)c1N=Cc1ccccc1. The van der Waals surface area contributed by atoms with Crippen LogP contribution in [0.3, 0.4) is 0 Å². The van der Waals surface area contributed by atoms with Crippen LogP contribution < -0.4 is 4.74 Å². The van der Waals surface area contributed by atoms with Gasteiger partial charge in [0.2, 0.25) is 0 Å². The number of rotatable bonds is 3. The Labute approximate surface area is 126 Å². The number of hydrogen-bond acceptors (Lipinski definition) is 3. The van der Waals surface area contributed by atoms with E-state index in [4.69, 9.17) is 27.9 Å². The van der Waals surface area contributed by atoms with Crippen molar-refractivity contribution in [1.82, 2.24) is 0 Å². The van der Waals surface area contributed by atoms with Gasteiger partial charge in [-0.25, -0.2) is 0 Å². The molecule has 0 radical (unpaired) electrons. The third-order valence-electron chi connectivity index (χ3n) is 2.43. The summed E-state index contributed by atoms with van der Waals surface area (Å²) in [4.78, 5) is 15.4. The van der Waals surface area contributed by atoms with Crippen LogP contribution in [-0.4, -0.2) is 12.2 Å². The normalized spacial score (nSPS) is 10.8. The third kappa shape index (κ3) is 3.59. The number of carbonyl (C=O) groups is 1. The average molecular weight is 308 g/mol. The molecule has 0 saturated heterocycles. The zero-order valence-electron chi connectivity index (χ0n) is 10.6. The zero-order chi connectivity index (χ0) is 14.5. The number of ether oxygens (including phenoxy) is 1. The molecule has 2 rings (SSSR count). The molecular formula is C15H11Cl2NO2. The van der Waals surface area contributed by atoms with Crippen LogP contribution in [0.5, 0.6) is 5.75 Å². The fraction of sp³-hybridized carbons (Fsp3) is 0.0667. The van der Waals surface area contributed by atoms with E-state index in [1.807, 2.05) is 30.3 Å². The Bertz CT molecular complexity index is 654. The highest BCUT2D eigenvalue weighted by molar-refractivity contribution is 6.43. The first-order chi connectivity index (χ1) is 9.58. The molecule has 3 nitrogen and oxygen atoms in total. The zero-order valence-corrected chi connectivity index (χ0v) is 12.2. The molecule has 0 aliphatic heterocycles. The van der Waals surface area contributed by atoms with Crippen LogP contribution in [-0.2, 0) is 4.79 Å². The van der Waals surface area contributed by atoms with Crippen LogP contribution in [0.25, 0.3) is 0 Å². The first kappa shape index (κ1) is 14.6. The summed E-state index contributed by atoms with van der Waals surface area (Å²) in [5.41, 5.74) is 1.23. The fourth-order valence-corrected chi connectivity index (χ4v) is 1.92. The van der Waals surface area contributed by atoms with Crippen LogP contribution in [0.1, 0.15) is 12.5 Å². The number of hydrogen-bond donors (Lipinski definition) is 0. The summed E-state index contributed by atoms with van der Waals surface area (Å²) in [5, 5.41) is 0.598. The molecule has 0 N–H and O–H groups in total. The van der Waals surface area contributed by atoms with Gasteiger partial charge in [-0.15, -0.1) is 0 Å². The third-order valence-corrected chi connectivity index (χ3v) is 3.22. The van der Waals surface area contributed by atoms with Gasteiger partial charge in [-0.05, 0) is 17.7 Å². The Morgan fingerprint density at radius 3 is 2.50 bits per heavy atom. The predicted octanol–water partition coefficient (Wildman–Crippen LogP) is 4.67. The first-order valence-electron chi connectivity index (χ1n) is 5.83. The number of carbonyl (C=O) groups excluding carboxylic acids is 1. The Morgan fingerprint density at radius 2 is 1.85 bits per heavy atom. The minimum absolute atomic E-state index is 0.248. The summed E-state index contributed by atoms with van der Waals surface area (Å²) in [5.74, 6) is -0.168. The van der Waals surface area contributed by atoms with Crippen LogP contribution in [0.2, 0.25) is 10.0 Å². The molecule has 2 aromatic rings. The Kier molecular flexibility index (Phi) is 4.77. The molecule has 0 amide bonds. The molecule has 0 atom stereocenters. The lowest BCUT2D eigenvalue weighted by molar-refractivity contribution is -0.131. The molecule has 0 aromatic heterocycles. The van der Waals surface area contributed by atoms with Gasteiger partial charge in [0, 0.05) is 13.1 Å². The summed E-state index contributed by atoms with van der Waals surface area (Å²) < 4.78 is 5.07. The van der Waals surface area contributed by atoms with Crippen LogP contribution in [0.15, 0.2) is 47.5 Å². The summed E-state index contributed by atoms with van der Waals surface area (Å²) >= 11 is 12.1. The van der Waals surface area contributed by atoms with E-state index in [1.54, 1.807) is 18.3 Å². The number of esters is 1. The van der Waals surface area contributed by atoms with Gasteiger partial charge in [-0.3, -0.25) is 9.79 Å². The van der Waals surface area contributed by atoms with Crippen molar-refractivity contribution in [1.29, 1.82) is 0 Å². The van der Waals surface area contributed by atoms with Crippen molar-refractivity contribution in [3.63, 3.8) is 0 Å². The van der Waals surface area contributed by atoms with E-state index in [9.17, 15) is 4.79 Å². The van der Waals surface area contributed by atoms with Gasteiger partial charge in [0.15, 0.2) is 5.75 Å². The summed E-state index contributed by atoms with van der Waals surface area (Å²) in [6, 6.07) is 12.6. The van der Waals surface area contributed by atoms with E-state index < -0.39 is 5.97 Å². The summed E-state index contributed by atoms with van der Waals surface area (Å²) in [7, 11) is 0. The van der Waals surface area contributed by atoms with Gasteiger partial charge in [-0.2, -0.15) is 0 Å². The molecular weight excluding hydrogens is 297 g/mol. The van der Waals surface area contributed by atoms with Crippen LogP contribution in [0.4, 0.5) is 5.69 Å². The van der Waals surface area contributed by atoms with Crippen molar-refractivity contribution in [3.05, 3.63) is 58.1 Å². The standard InChI is InChI=1S/C15H11Cl2NO2/c1-10(19)20-13-8-7-12(16)14(17)15(13)18-9-11-5-3-2-4-6-11/h2-9H,1H3. The number of benzene rings is 2. The lowest BCUT2D eigenvalue weighted by Gasteiger charge is -2.08. The van der Waals surface area contributed by atoms with Crippen molar-refractivity contribution in [2.24, 2.45) is 4.99 Å². The van der Waals surface area contributed by atoms with E-state index in [1.165, 1.54) is 6.92 Å². The molecule has 0 heterocycles. The van der Waals surface area contributed by atoms with E-state index in [2.05, 4.69) is 4.99 Å². The monoisotopic (exact) mass is 307 g/mol. The van der Waals surface area contributed by atoms with Crippen molar-refractivity contribution >= 4 is 41.1 Å². The number of halogens is 2. The highest BCUT2D eigenvalue weighted by Crippen LogP contribution is 2.40. The Hall–Kier alpha value is -1.84. The van der Waals surface area contributed by atoms with E-state index in [-0.39, 0.29) is 10.8 Å². The quantitative estimate of drug-likeness (QED) is 0.469. The first-order valence-corrected chi connectivity index (χ1v) is 6.59. The molecule has 0 aliphatic rings. The van der Waals surface area contributed by atoms with Crippen molar-refractivity contribution in [3.8, 4) is 5.75 Å². The molecule has 20 heavy (non-hydrogen) atoms. The maximum absolute atomic E-state index is 11.1. The second kappa shape index (κ2) is 6.55. The van der Waals surface area contributed by atoms with Gasteiger partial charge >= 0.3 is 5.97 Å². The lowest BCUT2D eigenvalue weighted by Crippen LogP contribution is -2.01. The molecule has 0 unspecified atom stereocenters.